The van der Waals surface area contributed by atoms with Gasteiger partial charge in [-0.2, -0.15) is 0 Å². The van der Waals surface area contributed by atoms with Gasteiger partial charge in [0.1, 0.15) is 0 Å². The summed E-state index contributed by atoms with van der Waals surface area (Å²) in [6.07, 6.45) is 0. The van der Waals surface area contributed by atoms with Crippen molar-refractivity contribution in [3.63, 3.8) is 0 Å². The van der Waals surface area contributed by atoms with E-state index in [1.165, 1.54) is 5.51 Å². The zero-order valence-electron chi connectivity index (χ0n) is 5.90. The second kappa shape index (κ2) is 3.29. The molecule has 0 bridgehead atoms. The third kappa shape index (κ3) is 1.64. The van der Waals surface area contributed by atoms with Crippen molar-refractivity contribution in [2.45, 2.75) is 6.92 Å². The van der Waals surface area contributed by atoms with E-state index in [1.54, 1.807) is 0 Å². The number of anilines is 1. The highest BCUT2D eigenvalue weighted by Gasteiger charge is 2.15. The Morgan fingerprint density at radius 2 is 2.64 bits per heavy atom. The van der Waals surface area contributed by atoms with Gasteiger partial charge in [0.2, 0.25) is 5.82 Å². The highest BCUT2D eigenvalue weighted by atomic mass is 32.1. The van der Waals surface area contributed by atoms with Gasteiger partial charge in [0.25, 0.3) is 0 Å². The van der Waals surface area contributed by atoms with Crippen LogP contribution in [0.5, 0.6) is 0 Å². The molecule has 0 aliphatic heterocycles. The molecular weight excluding hydrogens is 166 g/mol. The molecule has 0 aromatic carbocycles. The Morgan fingerprint density at radius 3 is 3.18 bits per heavy atom. The van der Waals surface area contributed by atoms with Crippen molar-refractivity contribution in [1.29, 1.82) is 0 Å². The Hall–Kier alpha value is -1.17. The first-order valence-electron chi connectivity index (χ1n) is 3.07. The lowest BCUT2D eigenvalue weighted by molar-refractivity contribution is -0.379. The lowest BCUT2D eigenvalue weighted by atomic mass is 10.6. The Balaban J connectivity index is 2.87. The molecule has 0 amide bonds. The summed E-state index contributed by atoms with van der Waals surface area (Å²) in [5, 5.41) is 13.2. The maximum atomic E-state index is 10.3. The molecule has 0 saturated carbocycles. The van der Waals surface area contributed by atoms with Crippen LogP contribution in [-0.4, -0.2) is 16.5 Å². The van der Waals surface area contributed by atoms with Crippen LogP contribution in [0.15, 0.2) is 5.51 Å². The van der Waals surface area contributed by atoms with Crippen LogP contribution in [0.3, 0.4) is 0 Å². The summed E-state index contributed by atoms with van der Waals surface area (Å²) in [6.45, 7) is 2.51. The number of nitrogens with zero attached hydrogens (tertiary/aromatic N) is 2. The zero-order chi connectivity index (χ0) is 8.27. The lowest BCUT2D eigenvalue weighted by Crippen LogP contribution is -1.99. The summed E-state index contributed by atoms with van der Waals surface area (Å²) in [6, 6.07) is 0. The molecule has 60 valence electrons. The number of hydrogen-bond donors (Lipinski definition) is 1. The van der Waals surface area contributed by atoms with E-state index in [1.807, 2.05) is 6.92 Å². The summed E-state index contributed by atoms with van der Waals surface area (Å²) in [7, 11) is 0. The van der Waals surface area contributed by atoms with E-state index in [9.17, 15) is 10.1 Å². The van der Waals surface area contributed by atoms with Gasteiger partial charge in [0.05, 0.1) is 10.4 Å². The second-order valence-electron chi connectivity index (χ2n) is 1.79. The van der Waals surface area contributed by atoms with Crippen molar-refractivity contribution >= 4 is 22.2 Å². The fourth-order valence-corrected chi connectivity index (χ4v) is 1.24. The van der Waals surface area contributed by atoms with Crippen molar-refractivity contribution in [2.75, 3.05) is 11.9 Å². The Kier molecular flexibility index (Phi) is 2.37. The number of hydrogen-bond acceptors (Lipinski definition) is 5. The Morgan fingerprint density at radius 1 is 1.91 bits per heavy atom. The average Bonchev–Trinajstić information content (AvgIpc) is 2.36. The first-order chi connectivity index (χ1) is 5.25. The largest absolute Gasteiger partial charge is 0.367 e. The van der Waals surface area contributed by atoms with Gasteiger partial charge in [-0.25, -0.2) is 4.98 Å². The van der Waals surface area contributed by atoms with Crippen LogP contribution >= 0.6 is 11.3 Å². The standard InChI is InChI=1S/C5H7N3O2S/c1-2-6-4-5(8(9)10)11-3-7-4/h3,6H,2H2,1H3. The summed E-state index contributed by atoms with van der Waals surface area (Å²) >= 11 is 1.02. The molecule has 1 N–H and O–H groups in total. The predicted molar refractivity (Wildman–Crippen MR) is 42.9 cm³/mol. The van der Waals surface area contributed by atoms with Crippen LogP contribution in [0.1, 0.15) is 6.92 Å². The molecule has 1 heterocycles. The van der Waals surface area contributed by atoms with Crippen molar-refractivity contribution in [2.24, 2.45) is 0 Å². The number of thiazole rings is 1. The van der Waals surface area contributed by atoms with E-state index < -0.39 is 4.92 Å². The number of nitro groups is 1. The molecule has 5 nitrogen and oxygen atoms in total. The minimum atomic E-state index is -0.435. The third-order valence-electron chi connectivity index (χ3n) is 1.06. The van der Waals surface area contributed by atoms with Crippen LogP contribution in [-0.2, 0) is 0 Å². The molecule has 0 saturated heterocycles. The molecule has 0 aliphatic carbocycles. The van der Waals surface area contributed by atoms with Crippen LogP contribution in [0.25, 0.3) is 0 Å². The first-order valence-corrected chi connectivity index (χ1v) is 3.95. The summed E-state index contributed by atoms with van der Waals surface area (Å²) in [4.78, 5) is 13.7. The van der Waals surface area contributed by atoms with Gasteiger partial charge >= 0.3 is 5.00 Å². The van der Waals surface area contributed by atoms with E-state index in [0.29, 0.717) is 12.4 Å². The van der Waals surface area contributed by atoms with Crippen molar-refractivity contribution in [3.05, 3.63) is 15.6 Å². The van der Waals surface area contributed by atoms with Gasteiger partial charge in [0, 0.05) is 6.54 Å². The number of rotatable bonds is 3. The SMILES string of the molecule is CCNc1ncsc1[N+](=O)[O-]. The Labute approximate surface area is 67.2 Å². The van der Waals surface area contributed by atoms with Gasteiger partial charge in [0.15, 0.2) is 0 Å². The molecule has 1 aromatic heterocycles. The van der Waals surface area contributed by atoms with Gasteiger partial charge < -0.3 is 5.32 Å². The van der Waals surface area contributed by atoms with Gasteiger partial charge in [-0.05, 0) is 18.3 Å². The Bertz CT molecular complexity index is 260. The van der Waals surface area contributed by atoms with Crippen LogP contribution in [0.4, 0.5) is 10.8 Å². The van der Waals surface area contributed by atoms with Crippen molar-refractivity contribution in [1.82, 2.24) is 4.98 Å². The topological polar surface area (TPSA) is 68.1 Å². The van der Waals surface area contributed by atoms with Crippen LogP contribution in [0.2, 0.25) is 0 Å². The van der Waals surface area contributed by atoms with E-state index in [2.05, 4.69) is 10.3 Å². The second-order valence-corrected chi connectivity index (χ2v) is 2.63. The summed E-state index contributed by atoms with van der Waals surface area (Å²) in [5.41, 5.74) is 1.45. The predicted octanol–water partition coefficient (Wildman–Crippen LogP) is 1.48. The molecule has 0 fully saturated rings. The lowest BCUT2D eigenvalue weighted by Gasteiger charge is -1.94. The quantitative estimate of drug-likeness (QED) is 0.555. The fraction of sp³-hybridized carbons (Fsp3) is 0.400. The highest BCUT2D eigenvalue weighted by molar-refractivity contribution is 7.13. The maximum Gasteiger partial charge on any atom is 0.367 e. The molecule has 1 rings (SSSR count). The van der Waals surface area contributed by atoms with Gasteiger partial charge in [-0.1, -0.05) is 0 Å². The molecule has 0 unspecified atom stereocenters. The molecule has 11 heavy (non-hydrogen) atoms. The van der Waals surface area contributed by atoms with E-state index in [0.717, 1.165) is 11.3 Å². The molecule has 1 aromatic rings. The van der Waals surface area contributed by atoms with Crippen molar-refractivity contribution in [3.8, 4) is 0 Å². The highest BCUT2D eigenvalue weighted by Crippen LogP contribution is 2.26. The van der Waals surface area contributed by atoms with E-state index >= 15 is 0 Å². The third-order valence-corrected chi connectivity index (χ3v) is 1.84. The minimum Gasteiger partial charge on any atom is -0.364 e. The van der Waals surface area contributed by atoms with Gasteiger partial charge in [-0.15, -0.1) is 0 Å². The van der Waals surface area contributed by atoms with Crippen molar-refractivity contribution < 1.29 is 4.92 Å². The minimum absolute atomic E-state index is 0.0758. The molecule has 0 atom stereocenters. The zero-order valence-corrected chi connectivity index (χ0v) is 6.72. The fourth-order valence-electron chi connectivity index (χ4n) is 0.658. The first kappa shape index (κ1) is 7.93. The van der Waals surface area contributed by atoms with Crippen LogP contribution < -0.4 is 5.32 Å². The molecule has 0 radical (unpaired) electrons. The van der Waals surface area contributed by atoms with Gasteiger partial charge in [-0.3, -0.25) is 10.1 Å². The van der Waals surface area contributed by atoms with Crippen LogP contribution in [0, 0.1) is 10.1 Å². The molecular formula is C5H7N3O2S. The van der Waals surface area contributed by atoms with E-state index in [4.69, 9.17) is 0 Å². The monoisotopic (exact) mass is 173 g/mol. The molecule has 6 heteroatoms. The van der Waals surface area contributed by atoms with E-state index in [-0.39, 0.29) is 5.00 Å². The summed E-state index contributed by atoms with van der Waals surface area (Å²) in [5.74, 6) is 0.363. The summed E-state index contributed by atoms with van der Waals surface area (Å²) < 4.78 is 0. The number of aromatic nitrogens is 1. The smallest absolute Gasteiger partial charge is 0.364 e. The normalized spacial score (nSPS) is 9.55. The molecule has 0 spiro atoms. The number of nitrogens with one attached hydrogen (secondary N) is 1. The maximum absolute atomic E-state index is 10.3. The molecule has 0 aliphatic rings. The average molecular weight is 173 g/mol.